The summed E-state index contributed by atoms with van der Waals surface area (Å²) in [6.07, 6.45) is -0.413. The monoisotopic (exact) mass is 366 g/mol. The highest BCUT2D eigenvalue weighted by molar-refractivity contribution is 7.86. The molecule has 0 spiro atoms. The Labute approximate surface area is 147 Å². The van der Waals surface area contributed by atoms with Gasteiger partial charge >= 0.3 is 0 Å². The normalized spacial score (nSPS) is 19.5. The summed E-state index contributed by atoms with van der Waals surface area (Å²) in [6, 6.07) is 5.61. The van der Waals surface area contributed by atoms with Crippen molar-refractivity contribution in [1.82, 2.24) is 18.8 Å². The van der Waals surface area contributed by atoms with Crippen LogP contribution in [-0.4, -0.2) is 61.0 Å². The molecular weight excluding hydrogens is 344 g/mol. The zero-order valence-corrected chi connectivity index (χ0v) is 15.6. The van der Waals surface area contributed by atoms with Crippen LogP contribution in [0.1, 0.15) is 23.3 Å². The first-order valence-corrected chi connectivity index (χ1v) is 9.40. The van der Waals surface area contributed by atoms with Gasteiger partial charge in [-0.05, 0) is 26.0 Å². The Kier molecular flexibility index (Phi) is 4.92. The summed E-state index contributed by atoms with van der Waals surface area (Å²) in [5.74, 6) is 0.698. The topological polar surface area (TPSA) is 88.8 Å². The van der Waals surface area contributed by atoms with Crippen molar-refractivity contribution in [3.05, 3.63) is 35.3 Å². The van der Waals surface area contributed by atoms with E-state index in [0.717, 1.165) is 17.0 Å². The predicted octanol–water partition coefficient (Wildman–Crippen LogP) is 1.53. The molecule has 1 fully saturated rings. The molecule has 9 heteroatoms. The standard InChI is InChI=1S/C16H22N4O4S/c1-11-16(12(2)24-18-11)14-7-5-6-13(17-14)15-10-20(8-9-23-15)25(21,22)19(3)4/h5-7,15H,8-10H2,1-4H3/t15-/m1/s1. The molecule has 136 valence electrons. The van der Waals surface area contributed by atoms with Crippen molar-refractivity contribution in [2.75, 3.05) is 33.8 Å². The molecule has 3 heterocycles. The van der Waals surface area contributed by atoms with E-state index < -0.39 is 16.3 Å². The molecule has 0 aromatic carbocycles. The van der Waals surface area contributed by atoms with Gasteiger partial charge in [0.05, 0.1) is 29.3 Å². The number of hydrogen-bond acceptors (Lipinski definition) is 6. The summed E-state index contributed by atoms with van der Waals surface area (Å²) in [5.41, 5.74) is 3.06. The SMILES string of the molecule is Cc1noc(C)c1-c1cccc([C@H]2CN(S(=O)(=O)N(C)C)CCO2)n1. The first kappa shape index (κ1) is 18.0. The van der Waals surface area contributed by atoms with Crippen LogP contribution in [0.4, 0.5) is 0 Å². The Balaban J connectivity index is 1.89. The van der Waals surface area contributed by atoms with Crippen molar-refractivity contribution in [3.63, 3.8) is 0 Å². The molecule has 0 radical (unpaired) electrons. The molecule has 8 nitrogen and oxygen atoms in total. The van der Waals surface area contributed by atoms with Crippen molar-refractivity contribution < 1.29 is 17.7 Å². The van der Waals surface area contributed by atoms with E-state index in [0.29, 0.717) is 24.6 Å². The number of rotatable bonds is 4. The fourth-order valence-corrected chi connectivity index (χ4v) is 3.95. The molecule has 1 aliphatic rings. The molecule has 3 rings (SSSR count). The molecule has 0 amide bonds. The maximum atomic E-state index is 12.4. The molecule has 25 heavy (non-hydrogen) atoms. The van der Waals surface area contributed by atoms with E-state index in [1.807, 2.05) is 32.0 Å². The van der Waals surface area contributed by atoms with Crippen LogP contribution in [0.25, 0.3) is 11.3 Å². The van der Waals surface area contributed by atoms with Crippen molar-refractivity contribution in [1.29, 1.82) is 0 Å². The third-order valence-corrected chi connectivity index (χ3v) is 6.11. The minimum atomic E-state index is -3.47. The lowest BCUT2D eigenvalue weighted by Gasteiger charge is -2.33. The molecule has 0 unspecified atom stereocenters. The van der Waals surface area contributed by atoms with Gasteiger partial charge in [-0.2, -0.15) is 17.0 Å². The van der Waals surface area contributed by atoms with Gasteiger partial charge in [0, 0.05) is 27.2 Å². The Morgan fingerprint density at radius 1 is 1.28 bits per heavy atom. The fourth-order valence-electron chi connectivity index (χ4n) is 2.86. The molecule has 1 atom stereocenters. The lowest BCUT2D eigenvalue weighted by Crippen LogP contribution is -2.47. The predicted molar refractivity (Wildman–Crippen MR) is 92.1 cm³/mol. The summed E-state index contributed by atoms with van der Waals surface area (Å²) in [6.45, 7) is 4.60. The second-order valence-corrected chi connectivity index (χ2v) is 8.30. The van der Waals surface area contributed by atoms with E-state index in [-0.39, 0.29) is 6.54 Å². The van der Waals surface area contributed by atoms with Crippen LogP contribution < -0.4 is 0 Å². The summed E-state index contributed by atoms with van der Waals surface area (Å²) >= 11 is 0. The van der Waals surface area contributed by atoms with Crippen molar-refractivity contribution in [2.45, 2.75) is 20.0 Å². The summed E-state index contributed by atoms with van der Waals surface area (Å²) in [5, 5.41) is 3.96. The van der Waals surface area contributed by atoms with Gasteiger partial charge in [-0.25, -0.2) is 4.98 Å². The Bertz CT molecular complexity index is 843. The fraction of sp³-hybridized carbons (Fsp3) is 0.500. The number of morpholine rings is 1. The van der Waals surface area contributed by atoms with Gasteiger partial charge in [0.25, 0.3) is 10.2 Å². The zero-order chi connectivity index (χ0) is 18.2. The molecule has 0 N–H and O–H groups in total. The molecule has 1 aliphatic heterocycles. The lowest BCUT2D eigenvalue weighted by molar-refractivity contribution is -0.00617. The van der Waals surface area contributed by atoms with E-state index >= 15 is 0 Å². The van der Waals surface area contributed by atoms with Crippen LogP contribution in [0.2, 0.25) is 0 Å². The van der Waals surface area contributed by atoms with Gasteiger partial charge in [0.15, 0.2) is 0 Å². The maximum absolute atomic E-state index is 12.4. The van der Waals surface area contributed by atoms with Crippen molar-refractivity contribution in [3.8, 4) is 11.3 Å². The van der Waals surface area contributed by atoms with E-state index in [4.69, 9.17) is 9.26 Å². The first-order valence-electron chi connectivity index (χ1n) is 8.00. The third kappa shape index (κ3) is 3.45. The largest absolute Gasteiger partial charge is 0.369 e. The van der Waals surface area contributed by atoms with E-state index in [2.05, 4.69) is 10.1 Å². The van der Waals surface area contributed by atoms with Gasteiger partial charge in [0.2, 0.25) is 0 Å². The Hall–Kier alpha value is -1.81. The number of aryl methyl sites for hydroxylation is 2. The zero-order valence-electron chi connectivity index (χ0n) is 14.8. The molecule has 0 aliphatic carbocycles. The van der Waals surface area contributed by atoms with E-state index in [1.54, 1.807) is 0 Å². The molecule has 2 aromatic rings. The molecule has 0 bridgehead atoms. The summed E-state index contributed by atoms with van der Waals surface area (Å²) in [7, 11) is -0.426. The minimum absolute atomic E-state index is 0.235. The number of nitrogens with zero attached hydrogens (tertiary/aromatic N) is 4. The van der Waals surface area contributed by atoms with Gasteiger partial charge < -0.3 is 9.26 Å². The van der Waals surface area contributed by atoms with Crippen LogP contribution in [0.5, 0.6) is 0 Å². The van der Waals surface area contributed by atoms with Gasteiger partial charge in [-0.1, -0.05) is 11.2 Å². The number of aromatic nitrogens is 2. The van der Waals surface area contributed by atoms with Crippen LogP contribution in [0.3, 0.4) is 0 Å². The lowest BCUT2D eigenvalue weighted by atomic mass is 10.1. The quantitative estimate of drug-likeness (QED) is 0.815. The average molecular weight is 366 g/mol. The highest BCUT2D eigenvalue weighted by Crippen LogP contribution is 2.28. The van der Waals surface area contributed by atoms with Crippen LogP contribution in [-0.2, 0) is 14.9 Å². The van der Waals surface area contributed by atoms with Gasteiger partial charge in [0.1, 0.15) is 11.9 Å². The smallest absolute Gasteiger partial charge is 0.281 e. The third-order valence-electron chi connectivity index (χ3n) is 4.21. The molecule has 0 saturated carbocycles. The molecule has 2 aromatic heterocycles. The first-order chi connectivity index (χ1) is 11.8. The highest BCUT2D eigenvalue weighted by Gasteiger charge is 2.32. The summed E-state index contributed by atoms with van der Waals surface area (Å²) < 4.78 is 38.3. The number of pyridine rings is 1. The molecular formula is C16H22N4O4S. The number of ether oxygens (including phenoxy) is 1. The van der Waals surface area contributed by atoms with Gasteiger partial charge in [-0.15, -0.1) is 0 Å². The highest BCUT2D eigenvalue weighted by atomic mass is 32.2. The maximum Gasteiger partial charge on any atom is 0.281 e. The van der Waals surface area contributed by atoms with E-state index in [9.17, 15) is 8.42 Å². The Morgan fingerprint density at radius 2 is 2.04 bits per heavy atom. The van der Waals surface area contributed by atoms with Gasteiger partial charge in [-0.3, -0.25) is 0 Å². The minimum Gasteiger partial charge on any atom is -0.369 e. The second kappa shape index (κ2) is 6.83. The average Bonchev–Trinajstić information content (AvgIpc) is 2.93. The van der Waals surface area contributed by atoms with Crippen LogP contribution in [0, 0.1) is 13.8 Å². The van der Waals surface area contributed by atoms with Crippen molar-refractivity contribution >= 4 is 10.2 Å². The Morgan fingerprint density at radius 3 is 2.68 bits per heavy atom. The molecule has 1 saturated heterocycles. The van der Waals surface area contributed by atoms with Crippen LogP contribution in [0.15, 0.2) is 22.7 Å². The summed E-state index contributed by atoms with van der Waals surface area (Å²) in [4.78, 5) is 4.66. The van der Waals surface area contributed by atoms with E-state index in [1.165, 1.54) is 22.7 Å². The number of hydrogen-bond donors (Lipinski definition) is 0. The van der Waals surface area contributed by atoms with Crippen molar-refractivity contribution in [2.24, 2.45) is 0 Å². The second-order valence-electron chi connectivity index (χ2n) is 6.15. The van der Waals surface area contributed by atoms with Crippen LogP contribution >= 0.6 is 0 Å².